The van der Waals surface area contributed by atoms with Gasteiger partial charge in [0, 0.05) is 10.9 Å². The molecule has 4 rings (SSSR count). The number of ether oxygens (including phenoxy) is 1. The van der Waals surface area contributed by atoms with Crippen LogP contribution in [0.15, 0.2) is 29.2 Å². The van der Waals surface area contributed by atoms with Crippen LogP contribution in [0, 0.1) is 5.92 Å². The zero-order chi connectivity index (χ0) is 22.6. The van der Waals surface area contributed by atoms with E-state index in [4.69, 9.17) is 31.3 Å². The monoisotopic (exact) mass is 523 g/mol. The van der Waals surface area contributed by atoms with Gasteiger partial charge in [0.1, 0.15) is 11.9 Å². The number of alkyl halides is 1. The minimum atomic E-state index is -2.80. The molecule has 180 valence electrons. The first-order chi connectivity index (χ1) is 14.5. The standard InChI is InChI=1S/C20H29FN3O4PS2.H2S/c1-5-13-17(16(21)18(26-13)24-9-7-15(22)23-19(24)25)28-29(30)27-14-10-12(11(2)3)6-8-20(14,4)31-29;/h7,9,12-14,16-18H,2,5-6,8,10H2,1,3-4H3,(H2,22,23,25);1H2/t12-,13-,14+,16-,17-,18-,20+,29-;/m1./s1. The van der Waals surface area contributed by atoms with Gasteiger partial charge >= 0.3 is 5.69 Å². The smallest absolute Gasteiger partial charge is 0.351 e. The van der Waals surface area contributed by atoms with Crippen LogP contribution in [0.5, 0.6) is 0 Å². The zero-order valence-electron chi connectivity index (χ0n) is 18.4. The van der Waals surface area contributed by atoms with Crippen molar-refractivity contribution < 1.29 is 18.2 Å². The summed E-state index contributed by atoms with van der Waals surface area (Å²) in [7, 11) is 0. The number of halogens is 1. The van der Waals surface area contributed by atoms with Gasteiger partial charge in [-0.2, -0.15) is 18.5 Å². The van der Waals surface area contributed by atoms with Crippen molar-refractivity contribution in [1.82, 2.24) is 9.55 Å². The first kappa shape index (κ1) is 26.2. The van der Waals surface area contributed by atoms with Gasteiger partial charge in [-0.05, 0) is 63.3 Å². The molecular weight excluding hydrogens is 492 g/mol. The zero-order valence-corrected chi connectivity index (χ0v) is 21.9. The van der Waals surface area contributed by atoms with E-state index < -0.39 is 36.0 Å². The third kappa shape index (κ3) is 4.85. The molecular formula is C20H31FN3O4PS3. The maximum Gasteiger partial charge on any atom is 0.351 e. The van der Waals surface area contributed by atoms with E-state index in [0.29, 0.717) is 12.3 Å². The Labute approximate surface area is 204 Å². The summed E-state index contributed by atoms with van der Waals surface area (Å²) < 4.78 is 34.9. The van der Waals surface area contributed by atoms with Gasteiger partial charge in [0.15, 0.2) is 12.4 Å². The van der Waals surface area contributed by atoms with Crippen molar-refractivity contribution in [3.05, 3.63) is 34.9 Å². The van der Waals surface area contributed by atoms with Crippen molar-refractivity contribution in [2.24, 2.45) is 5.92 Å². The van der Waals surface area contributed by atoms with Crippen LogP contribution in [0.1, 0.15) is 52.7 Å². The van der Waals surface area contributed by atoms with E-state index in [1.165, 1.54) is 12.3 Å². The lowest BCUT2D eigenvalue weighted by atomic mass is 9.77. The molecule has 0 bridgehead atoms. The minimum Gasteiger partial charge on any atom is -0.383 e. The molecule has 3 heterocycles. The summed E-state index contributed by atoms with van der Waals surface area (Å²) in [4.78, 5) is 15.9. The van der Waals surface area contributed by atoms with Crippen LogP contribution in [-0.4, -0.2) is 38.8 Å². The Hall–Kier alpha value is -0.420. The average molecular weight is 524 g/mol. The predicted octanol–water partition coefficient (Wildman–Crippen LogP) is 4.46. The van der Waals surface area contributed by atoms with Gasteiger partial charge in [-0.25, -0.2) is 9.18 Å². The lowest BCUT2D eigenvalue weighted by molar-refractivity contribution is -0.0267. The molecule has 1 aromatic rings. The quantitative estimate of drug-likeness (QED) is 0.447. The molecule has 1 aliphatic carbocycles. The molecule has 12 heteroatoms. The fourth-order valence-corrected chi connectivity index (χ4v) is 12.1. The summed E-state index contributed by atoms with van der Waals surface area (Å²) in [6.45, 7) is 10.2. The van der Waals surface area contributed by atoms with E-state index in [9.17, 15) is 4.79 Å². The van der Waals surface area contributed by atoms with Gasteiger partial charge in [0.05, 0.1) is 12.2 Å². The third-order valence-electron chi connectivity index (χ3n) is 6.49. The summed E-state index contributed by atoms with van der Waals surface area (Å²) in [5, 5.41) is 0. The molecule has 0 amide bonds. The van der Waals surface area contributed by atoms with Gasteiger partial charge in [0.2, 0.25) is 5.69 Å². The van der Waals surface area contributed by atoms with Crippen molar-refractivity contribution in [3.63, 3.8) is 0 Å². The van der Waals surface area contributed by atoms with Crippen molar-refractivity contribution in [2.45, 2.75) is 81.9 Å². The van der Waals surface area contributed by atoms with Gasteiger partial charge in [-0.1, -0.05) is 30.5 Å². The van der Waals surface area contributed by atoms with Crippen LogP contribution >= 0.6 is 30.6 Å². The lowest BCUT2D eigenvalue weighted by Crippen LogP contribution is -2.39. The fraction of sp³-hybridized carbons (Fsp3) is 0.700. The van der Waals surface area contributed by atoms with E-state index >= 15 is 4.39 Å². The Morgan fingerprint density at radius 2 is 2.31 bits per heavy atom. The third-order valence-corrected chi connectivity index (χ3v) is 12.2. The van der Waals surface area contributed by atoms with Crippen molar-refractivity contribution in [1.29, 1.82) is 0 Å². The summed E-state index contributed by atoms with van der Waals surface area (Å²) in [6.07, 6.45) is 0.511. The molecule has 0 aromatic carbocycles. The van der Waals surface area contributed by atoms with Gasteiger partial charge < -0.3 is 19.5 Å². The Kier molecular flexibility index (Phi) is 7.92. The molecule has 32 heavy (non-hydrogen) atoms. The molecule has 2 aliphatic heterocycles. The fourth-order valence-electron chi connectivity index (χ4n) is 4.57. The molecule has 0 spiro atoms. The molecule has 8 atom stereocenters. The number of nitrogens with two attached hydrogens (primary N) is 1. The molecule has 0 radical (unpaired) electrons. The highest BCUT2D eigenvalue weighted by Crippen LogP contribution is 2.76. The summed E-state index contributed by atoms with van der Waals surface area (Å²) in [6, 6.07) is 1.44. The molecule has 1 aromatic heterocycles. The van der Waals surface area contributed by atoms with Crippen LogP contribution in [0.2, 0.25) is 0 Å². The van der Waals surface area contributed by atoms with Crippen LogP contribution in [0.25, 0.3) is 0 Å². The number of hydrogen-bond acceptors (Lipinski definition) is 8. The number of anilines is 1. The minimum absolute atomic E-state index is 0. The molecule has 0 unspecified atom stereocenters. The molecule has 3 fully saturated rings. The SMILES string of the molecule is C=C(C)[C@@H]1CC[C@]2(C)S[P@@](=S)(O[C@H]3[C@@H](F)[C@H](n4ccc(N)nc4=O)O[C@@H]3CC)O[C@H]2C1.S. The van der Waals surface area contributed by atoms with Gasteiger partial charge in [-0.15, -0.1) is 0 Å². The number of hydrogen-bond donors (Lipinski definition) is 1. The predicted molar refractivity (Wildman–Crippen MR) is 135 cm³/mol. The van der Waals surface area contributed by atoms with E-state index in [1.54, 1.807) is 11.4 Å². The summed E-state index contributed by atoms with van der Waals surface area (Å²) in [5.41, 5.74) is 3.24. The Morgan fingerprint density at radius 3 is 2.94 bits per heavy atom. The molecule has 3 aliphatic rings. The van der Waals surface area contributed by atoms with Crippen LogP contribution in [0.4, 0.5) is 10.2 Å². The van der Waals surface area contributed by atoms with Crippen molar-refractivity contribution in [3.8, 4) is 0 Å². The highest BCUT2D eigenvalue weighted by Gasteiger charge is 2.56. The normalized spacial score (nSPS) is 41.1. The lowest BCUT2D eigenvalue weighted by Gasteiger charge is -2.37. The van der Waals surface area contributed by atoms with Crippen molar-refractivity contribution >= 4 is 48.2 Å². The average Bonchev–Trinajstić information content (AvgIpc) is 3.14. The molecule has 1 saturated carbocycles. The second-order valence-electron chi connectivity index (χ2n) is 8.79. The molecule has 2 N–H and O–H groups in total. The number of rotatable bonds is 5. The van der Waals surface area contributed by atoms with Crippen LogP contribution in [0.3, 0.4) is 0 Å². The Balaban J connectivity index is 0.00000289. The maximum atomic E-state index is 15.5. The highest BCUT2D eigenvalue weighted by atomic mass is 32.9. The number of aromatic nitrogens is 2. The molecule has 7 nitrogen and oxygen atoms in total. The van der Waals surface area contributed by atoms with E-state index in [0.717, 1.165) is 29.4 Å². The highest BCUT2D eigenvalue weighted by molar-refractivity contribution is 8.68. The topological polar surface area (TPSA) is 88.6 Å². The van der Waals surface area contributed by atoms with E-state index in [1.807, 2.05) is 13.8 Å². The number of allylic oxidation sites excluding steroid dienone is 1. The number of nitrogen functional groups attached to an aromatic ring is 1. The summed E-state index contributed by atoms with van der Waals surface area (Å²) in [5.74, 6) is 0.478. The van der Waals surface area contributed by atoms with E-state index in [2.05, 4.69) is 18.5 Å². The number of fused-ring (bicyclic) bond motifs is 1. The first-order valence-corrected chi connectivity index (χ1v) is 14.6. The van der Waals surface area contributed by atoms with Crippen LogP contribution < -0.4 is 11.4 Å². The Bertz CT molecular complexity index is 982. The second-order valence-corrected chi connectivity index (χ2v) is 15.3. The second kappa shape index (κ2) is 9.68. The van der Waals surface area contributed by atoms with Gasteiger partial charge in [-0.3, -0.25) is 4.57 Å². The maximum absolute atomic E-state index is 15.5. The van der Waals surface area contributed by atoms with E-state index in [-0.39, 0.29) is 30.2 Å². The van der Waals surface area contributed by atoms with Crippen LogP contribution in [-0.2, 0) is 25.6 Å². The summed E-state index contributed by atoms with van der Waals surface area (Å²) >= 11 is 7.38. The van der Waals surface area contributed by atoms with Gasteiger partial charge in [0.25, 0.3) is 0 Å². The Morgan fingerprint density at radius 1 is 1.59 bits per heavy atom. The largest absolute Gasteiger partial charge is 0.383 e. The number of nitrogens with zero attached hydrogens (tertiary/aromatic N) is 2. The molecule has 2 saturated heterocycles. The van der Waals surface area contributed by atoms with Crippen molar-refractivity contribution in [2.75, 3.05) is 5.73 Å². The first-order valence-electron chi connectivity index (χ1n) is 10.5.